The van der Waals surface area contributed by atoms with Gasteiger partial charge in [0.15, 0.2) is 9.84 Å². The summed E-state index contributed by atoms with van der Waals surface area (Å²) in [4.78, 5) is 26.0. The summed E-state index contributed by atoms with van der Waals surface area (Å²) in [6.07, 6.45) is 1.82. The first-order valence-corrected chi connectivity index (χ1v) is 13.1. The zero-order chi connectivity index (χ0) is 24.8. The SMILES string of the molecule is O=C(NC1CCS(=O)(=O)C1)/C(=C\c1cccc(Oc2ccccc2)c1)NC(=O)c1ccccc1Cl. The topological polar surface area (TPSA) is 102 Å². The zero-order valence-corrected chi connectivity index (χ0v) is 20.2. The van der Waals surface area contributed by atoms with Gasteiger partial charge in [0.25, 0.3) is 11.8 Å². The molecule has 1 aliphatic heterocycles. The van der Waals surface area contributed by atoms with Crippen molar-refractivity contribution in [1.82, 2.24) is 10.6 Å². The van der Waals surface area contributed by atoms with Gasteiger partial charge < -0.3 is 15.4 Å². The maximum atomic E-state index is 13.1. The number of benzene rings is 3. The maximum absolute atomic E-state index is 13.1. The molecule has 35 heavy (non-hydrogen) atoms. The van der Waals surface area contributed by atoms with Crippen molar-refractivity contribution < 1.29 is 22.7 Å². The molecule has 0 radical (unpaired) electrons. The normalized spacial score (nSPS) is 16.9. The number of nitrogens with one attached hydrogen (secondary N) is 2. The number of halogens is 1. The molecule has 0 bridgehead atoms. The van der Waals surface area contributed by atoms with E-state index in [0.717, 1.165) is 0 Å². The summed E-state index contributed by atoms with van der Waals surface area (Å²) in [5.74, 6) is -0.0769. The van der Waals surface area contributed by atoms with Gasteiger partial charge in [-0.05, 0) is 54.5 Å². The lowest BCUT2D eigenvalue weighted by Crippen LogP contribution is -2.41. The van der Waals surface area contributed by atoms with Crippen molar-refractivity contribution in [3.8, 4) is 11.5 Å². The quantitative estimate of drug-likeness (QED) is 0.464. The van der Waals surface area contributed by atoms with E-state index in [1.54, 1.807) is 48.5 Å². The van der Waals surface area contributed by atoms with Crippen LogP contribution in [-0.2, 0) is 14.6 Å². The number of sulfone groups is 1. The van der Waals surface area contributed by atoms with Crippen LogP contribution in [0.4, 0.5) is 0 Å². The van der Waals surface area contributed by atoms with Gasteiger partial charge in [0.2, 0.25) is 0 Å². The fraction of sp³-hybridized carbons (Fsp3) is 0.154. The van der Waals surface area contributed by atoms with Gasteiger partial charge >= 0.3 is 0 Å². The predicted molar refractivity (Wildman–Crippen MR) is 135 cm³/mol. The molecule has 2 amide bonds. The lowest BCUT2D eigenvalue weighted by molar-refractivity contribution is -0.118. The van der Waals surface area contributed by atoms with E-state index in [1.807, 2.05) is 30.3 Å². The molecule has 1 saturated heterocycles. The first-order valence-electron chi connectivity index (χ1n) is 10.9. The van der Waals surface area contributed by atoms with E-state index in [9.17, 15) is 18.0 Å². The third-order valence-electron chi connectivity index (χ3n) is 5.33. The molecule has 0 spiro atoms. The minimum Gasteiger partial charge on any atom is -0.457 e. The molecular weight excluding hydrogens is 488 g/mol. The van der Waals surface area contributed by atoms with Crippen molar-refractivity contribution in [1.29, 1.82) is 0 Å². The van der Waals surface area contributed by atoms with Crippen molar-refractivity contribution in [3.63, 3.8) is 0 Å². The third-order valence-corrected chi connectivity index (χ3v) is 7.42. The fourth-order valence-electron chi connectivity index (χ4n) is 3.62. The van der Waals surface area contributed by atoms with Gasteiger partial charge in [-0.1, -0.05) is 54.1 Å². The van der Waals surface area contributed by atoms with Crippen molar-refractivity contribution in [2.75, 3.05) is 11.5 Å². The van der Waals surface area contributed by atoms with Crippen LogP contribution in [0.2, 0.25) is 5.02 Å². The molecule has 1 fully saturated rings. The summed E-state index contributed by atoms with van der Waals surface area (Å²) in [5.41, 5.74) is 0.760. The highest BCUT2D eigenvalue weighted by Gasteiger charge is 2.30. The number of amides is 2. The molecule has 7 nitrogen and oxygen atoms in total. The van der Waals surface area contributed by atoms with Gasteiger partial charge in [0.05, 0.1) is 22.1 Å². The molecule has 0 aromatic heterocycles. The van der Waals surface area contributed by atoms with E-state index in [-0.39, 0.29) is 27.8 Å². The molecule has 3 aromatic rings. The first kappa shape index (κ1) is 24.5. The van der Waals surface area contributed by atoms with E-state index in [1.165, 1.54) is 6.08 Å². The Hall–Kier alpha value is -3.62. The summed E-state index contributed by atoms with van der Waals surface area (Å²) in [6, 6.07) is 22.2. The summed E-state index contributed by atoms with van der Waals surface area (Å²) in [5, 5.41) is 5.58. The van der Waals surface area contributed by atoms with Gasteiger partial charge in [-0.2, -0.15) is 0 Å². The second-order valence-electron chi connectivity index (χ2n) is 8.05. The van der Waals surface area contributed by atoms with Crippen LogP contribution in [0, 0.1) is 0 Å². The minimum absolute atomic E-state index is 0.0157. The molecule has 9 heteroatoms. The Morgan fingerprint density at radius 3 is 2.37 bits per heavy atom. The Morgan fingerprint density at radius 1 is 0.943 bits per heavy atom. The Morgan fingerprint density at radius 2 is 1.66 bits per heavy atom. The van der Waals surface area contributed by atoms with E-state index >= 15 is 0 Å². The highest BCUT2D eigenvalue weighted by molar-refractivity contribution is 7.91. The molecular formula is C26H23ClN2O5S. The molecule has 0 aliphatic carbocycles. The Bertz CT molecular complexity index is 1370. The van der Waals surface area contributed by atoms with Crippen LogP contribution in [0.25, 0.3) is 6.08 Å². The Kier molecular flexibility index (Phi) is 7.53. The van der Waals surface area contributed by atoms with Crippen LogP contribution in [0.15, 0.2) is 84.6 Å². The number of hydrogen-bond acceptors (Lipinski definition) is 5. The summed E-state index contributed by atoms with van der Waals surface area (Å²) in [6.45, 7) is 0. The summed E-state index contributed by atoms with van der Waals surface area (Å²) >= 11 is 6.14. The second kappa shape index (κ2) is 10.8. The highest BCUT2D eigenvalue weighted by Crippen LogP contribution is 2.23. The molecule has 0 saturated carbocycles. The van der Waals surface area contributed by atoms with Crippen LogP contribution in [-0.4, -0.2) is 37.8 Å². The zero-order valence-electron chi connectivity index (χ0n) is 18.6. The summed E-state index contributed by atoms with van der Waals surface area (Å²) in [7, 11) is -3.19. The van der Waals surface area contributed by atoms with Crippen molar-refractivity contribution in [2.24, 2.45) is 0 Å². The van der Waals surface area contributed by atoms with E-state index in [2.05, 4.69) is 10.6 Å². The fourth-order valence-corrected chi connectivity index (χ4v) is 5.52. The third kappa shape index (κ3) is 6.71. The van der Waals surface area contributed by atoms with Crippen LogP contribution < -0.4 is 15.4 Å². The van der Waals surface area contributed by atoms with Gasteiger partial charge in [0, 0.05) is 6.04 Å². The average molecular weight is 511 g/mol. The standard InChI is InChI=1S/C26H23ClN2O5S/c27-23-12-5-4-11-22(23)25(30)29-24(26(31)28-19-13-14-35(32,33)17-19)16-18-7-6-10-21(15-18)34-20-8-2-1-3-9-20/h1-12,15-16,19H,13-14,17H2,(H,28,31)(H,29,30)/b24-16+. The Balaban J connectivity index is 1.60. The smallest absolute Gasteiger partial charge is 0.268 e. The van der Waals surface area contributed by atoms with E-state index < -0.39 is 27.7 Å². The first-order chi connectivity index (χ1) is 16.8. The second-order valence-corrected chi connectivity index (χ2v) is 10.7. The van der Waals surface area contributed by atoms with Crippen LogP contribution in [0.5, 0.6) is 11.5 Å². The molecule has 4 rings (SSSR count). The molecule has 1 unspecified atom stereocenters. The number of rotatable bonds is 7. The van der Waals surface area contributed by atoms with Crippen molar-refractivity contribution in [2.45, 2.75) is 12.5 Å². The number of hydrogen-bond donors (Lipinski definition) is 2. The van der Waals surface area contributed by atoms with E-state index in [0.29, 0.717) is 23.5 Å². The van der Waals surface area contributed by atoms with E-state index in [4.69, 9.17) is 16.3 Å². The average Bonchev–Trinajstić information content (AvgIpc) is 3.17. The number of carbonyl (C=O) groups excluding carboxylic acids is 2. The van der Waals surface area contributed by atoms with Gasteiger partial charge in [-0.15, -0.1) is 0 Å². The maximum Gasteiger partial charge on any atom is 0.268 e. The largest absolute Gasteiger partial charge is 0.457 e. The number of carbonyl (C=O) groups is 2. The van der Waals surface area contributed by atoms with Crippen LogP contribution >= 0.6 is 11.6 Å². The lowest BCUT2D eigenvalue weighted by Gasteiger charge is -2.15. The Labute approximate surface area is 208 Å². The minimum atomic E-state index is -3.19. The highest BCUT2D eigenvalue weighted by atomic mass is 35.5. The number of ether oxygens (including phenoxy) is 1. The lowest BCUT2D eigenvalue weighted by atomic mass is 10.1. The van der Waals surface area contributed by atoms with Gasteiger partial charge in [0.1, 0.15) is 17.2 Å². The molecule has 1 heterocycles. The summed E-state index contributed by atoms with van der Waals surface area (Å²) < 4.78 is 29.5. The van der Waals surface area contributed by atoms with Crippen molar-refractivity contribution >= 4 is 39.3 Å². The molecule has 1 atom stereocenters. The van der Waals surface area contributed by atoms with Crippen LogP contribution in [0.1, 0.15) is 22.3 Å². The van der Waals surface area contributed by atoms with Crippen LogP contribution in [0.3, 0.4) is 0 Å². The van der Waals surface area contributed by atoms with Crippen molar-refractivity contribution in [3.05, 3.63) is 101 Å². The predicted octanol–water partition coefficient (Wildman–Crippen LogP) is 4.21. The van der Waals surface area contributed by atoms with Gasteiger partial charge in [-0.3, -0.25) is 9.59 Å². The molecule has 2 N–H and O–H groups in total. The monoisotopic (exact) mass is 510 g/mol. The van der Waals surface area contributed by atoms with Gasteiger partial charge in [-0.25, -0.2) is 8.42 Å². The molecule has 1 aliphatic rings. The molecule has 180 valence electrons. The molecule has 3 aromatic carbocycles. The number of para-hydroxylation sites is 1.